The summed E-state index contributed by atoms with van der Waals surface area (Å²) in [5, 5.41) is 21.5. The maximum absolute atomic E-state index is 7.17. The number of hydrogen-bond donors (Lipinski definition) is 3. The van der Waals surface area contributed by atoms with Crippen LogP contribution < -0.4 is 0 Å². The Morgan fingerprint density at radius 2 is 0.792 bits per heavy atom. The summed E-state index contributed by atoms with van der Waals surface area (Å²) in [6.45, 7) is 3.63. The van der Waals surface area contributed by atoms with Crippen LogP contribution in [-0.2, 0) is 0 Å². The average Bonchev–Trinajstić information content (AvgIpc) is 2.46. The monoisotopic (exact) mass is 346 g/mol. The fourth-order valence-corrected chi connectivity index (χ4v) is 2.78. The summed E-state index contributed by atoms with van der Waals surface area (Å²) in [6.07, 6.45) is 20.4. The molecule has 0 spiro atoms. The molecule has 0 amide bonds. The van der Waals surface area contributed by atoms with E-state index in [1.165, 1.54) is 96.4 Å². The van der Waals surface area contributed by atoms with Crippen LogP contribution in [0, 0.1) is 0 Å². The van der Waals surface area contributed by atoms with Gasteiger partial charge < -0.3 is 19.6 Å². The molecule has 0 radical (unpaired) electrons. The zero-order valence-corrected chi connectivity index (χ0v) is 17.0. The van der Waals surface area contributed by atoms with E-state index in [2.05, 4.69) is 28.1 Å². The van der Waals surface area contributed by atoms with E-state index in [4.69, 9.17) is 15.1 Å². The molecule has 0 aliphatic carbocycles. The third-order valence-electron chi connectivity index (χ3n) is 4.18. The number of hydrogen-bond acceptors (Lipinski definition) is 3. The average molecular weight is 346 g/mol. The van der Waals surface area contributed by atoms with Gasteiger partial charge in [0.25, 0.3) is 0 Å². The van der Waals surface area contributed by atoms with Crippen LogP contribution in [-0.4, -0.2) is 54.6 Å². The fourth-order valence-electron chi connectivity index (χ4n) is 2.78. The van der Waals surface area contributed by atoms with Crippen molar-refractivity contribution in [3.05, 3.63) is 0 Å². The highest BCUT2D eigenvalue weighted by atomic mass is 16.5. The minimum atomic E-state index is -2.17. The Kier molecular flexibility index (Phi) is 20.9. The van der Waals surface area contributed by atoms with Crippen LogP contribution >= 0.6 is 0 Å². The molecule has 4 nitrogen and oxygen atoms in total. The molecule has 146 valence electrons. The van der Waals surface area contributed by atoms with Gasteiger partial charge in [0.05, 0.1) is 27.7 Å². The van der Waals surface area contributed by atoms with Gasteiger partial charge in [-0.05, 0) is 12.8 Å². The first kappa shape index (κ1) is 26.1. The number of quaternary nitrogens is 1. The fraction of sp³-hybridized carbons (Fsp3) is 1.00. The SMILES string of the molecule is CCCCCCCCCCCCCCCC[N+](C)(C)C.OB(O)O. The highest BCUT2D eigenvalue weighted by molar-refractivity contribution is 6.30. The molecule has 0 fully saturated rings. The van der Waals surface area contributed by atoms with E-state index in [1.807, 2.05) is 0 Å². The van der Waals surface area contributed by atoms with E-state index >= 15 is 0 Å². The predicted molar refractivity (Wildman–Crippen MR) is 106 cm³/mol. The molecular weight excluding hydrogens is 301 g/mol. The minimum absolute atomic E-state index is 1.12. The maximum Gasteiger partial charge on any atom is 0.631 e. The van der Waals surface area contributed by atoms with Crippen molar-refractivity contribution < 1.29 is 19.6 Å². The Balaban J connectivity index is 0. The van der Waals surface area contributed by atoms with E-state index in [0.717, 1.165) is 4.48 Å². The van der Waals surface area contributed by atoms with Gasteiger partial charge in [0.15, 0.2) is 0 Å². The van der Waals surface area contributed by atoms with Gasteiger partial charge in [0.1, 0.15) is 0 Å². The molecule has 0 bridgehead atoms. The van der Waals surface area contributed by atoms with Gasteiger partial charge in [-0.25, -0.2) is 0 Å². The maximum atomic E-state index is 7.17. The molecule has 0 saturated heterocycles. The van der Waals surface area contributed by atoms with Crippen molar-refractivity contribution >= 4 is 7.32 Å². The summed E-state index contributed by atoms with van der Waals surface area (Å²) in [4.78, 5) is 0. The summed E-state index contributed by atoms with van der Waals surface area (Å²) < 4.78 is 1.12. The third kappa shape index (κ3) is 33.5. The lowest BCUT2D eigenvalue weighted by molar-refractivity contribution is -0.870. The van der Waals surface area contributed by atoms with Crippen molar-refractivity contribution in [2.45, 2.75) is 96.8 Å². The number of unbranched alkanes of at least 4 members (excludes halogenated alkanes) is 13. The van der Waals surface area contributed by atoms with Gasteiger partial charge in [0.2, 0.25) is 0 Å². The molecule has 0 saturated carbocycles. The zero-order valence-electron chi connectivity index (χ0n) is 17.0. The molecule has 0 aromatic heterocycles. The van der Waals surface area contributed by atoms with Crippen molar-refractivity contribution in [2.75, 3.05) is 27.7 Å². The molecule has 24 heavy (non-hydrogen) atoms. The van der Waals surface area contributed by atoms with Crippen molar-refractivity contribution in [1.82, 2.24) is 0 Å². The second-order valence-corrected chi connectivity index (χ2v) is 7.96. The molecule has 0 aliphatic rings. The van der Waals surface area contributed by atoms with Crippen LogP contribution in [0.1, 0.15) is 96.8 Å². The second kappa shape index (κ2) is 19.2. The summed E-state index contributed by atoms with van der Waals surface area (Å²) in [7, 11) is 4.72. The first-order valence-electron chi connectivity index (χ1n) is 10.1. The van der Waals surface area contributed by atoms with Gasteiger partial charge in [-0.1, -0.05) is 84.0 Å². The van der Waals surface area contributed by atoms with Crippen LogP contribution in [0.15, 0.2) is 0 Å². The van der Waals surface area contributed by atoms with Gasteiger partial charge in [-0.3, -0.25) is 0 Å². The Labute approximate surface area is 152 Å². The van der Waals surface area contributed by atoms with E-state index in [9.17, 15) is 0 Å². The Morgan fingerprint density at radius 3 is 1.04 bits per heavy atom. The Hall–Kier alpha value is -0.0951. The molecule has 0 aromatic rings. The molecule has 0 unspecified atom stereocenters. The first-order valence-corrected chi connectivity index (χ1v) is 10.1. The highest BCUT2D eigenvalue weighted by Crippen LogP contribution is 2.13. The molecule has 0 heterocycles. The van der Waals surface area contributed by atoms with Crippen molar-refractivity contribution in [2.24, 2.45) is 0 Å². The van der Waals surface area contributed by atoms with Gasteiger partial charge >= 0.3 is 7.32 Å². The molecule has 5 heteroatoms. The number of nitrogens with zero attached hydrogens (tertiary/aromatic N) is 1. The van der Waals surface area contributed by atoms with E-state index in [1.54, 1.807) is 0 Å². The Bertz CT molecular complexity index is 230. The zero-order chi connectivity index (χ0) is 18.7. The standard InChI is InChI=1S/C19H42N.BH3O3/c1-5-6-7-8-9-10-11-12-13-14-15-16-17-18-19-20(2,3)4;2-1(3)4/h5-19H2,1-4H3;2-4H/q+1;. The van der Waals surface area contributed by atoms with E-state index in [0.29, 0.717) is 0 Å². The van der Waals surface area contributed by atoms with Gasteiger partial charge in [-0.15, -0.1) is 0 Å². The molecule has 0 aromatic carbocycles. The first-order chi connectivity index (χ1) is 11.3. The molecule has 0 rings (SSSR count). The van der Waals surface area contributed by atoms with Crippen LogP contribution in [0.2, 0.25) is 0 Å². The lowest BCUT2D eigenvalue weighted by atomic mass is 10.0. The number of rotatable bonds is 15. The van der Waals surface area contributed by atoms with Crippen LogP contribution in [0.25, 0.3) is 0 Å². The lowest BCUT2D eigenvalue weighted by Crippen LogP contribution is -2.35. The Morgan fingerprint density at radius 1 is 0.542 bits per heavy atom. The summed E-state index contributed by atoms with van der Waals surface area (Å²) >= 11 is 0. The van der Waals surface area contributed by atoms with Crippen molar-refractivity contribution in [3.63, 3.8) is 0 Å². The van der Waals surface area contributed by atoms with Crippen LogP contribution in [0.4, 0.5) is 0 Å². The van der Waals surface area contributed by atoms with Gasteiger partial charge in [0, 0.05) is 0 Å². The summed E-state index contributed by atoms with van der Waals surface area (Å²) in [5.41, 5.74) is 0. The van der Waals surface area contributed by atoms with Crippen molar-refractivity contribution in [3.8, 4) is 0 Å². The largest absolute Gasteiger partial charge is 0.631 e. The summed E-state index contributed by atoms with van der Waals surface area (Å²) in [5.74, 6) is 0. The smallest absolute Gasteiger partial charge is 0.402 e. The predicted octanol–water partition coefficient (Wildman–Crippen LogP) is 4.12. The molecule has 0 atom stereocenters. The van der Waals surface area contributed by atoms with Crippen LogP contribution in [0.5, 0.6) is 0 Å². The van der Waals surface area contributed by atoms with Gasteiger partial charge in [-0.2, -0.15) is 0 Å². The molecular formula is C19H45BNO3+. The topological polar surface area (TPSA) is 60.7 Å². The normalized spacial score (nSPS) is 11.1. The third-order valence-corrected chi connectivity index (χ3v) is 4.18. The minimum Gasteiger partial charge on any atom is -0.402 e. The second-order valence-electron chi connectivity index (χ2n) is 7.96. The lowest BCUT2D eigenvalue weighted by Gasteiger charge is -2.23. The quantitative estimate of drug-likeness (QED) is 0.237. The van der Waals surface area contributed by atoms with Crippen molar-refractivity contribution in [1.29, 1.82) is 0 Å². The molecule has 3 N–H and O–H groups in total. The van der Waals surface area contributed by atoms with E-state index in [-0.39, 0.29) is 0 Å². The van der Waals surface area contributed by atoms with Crippen LogP contribution in [0.3, 0.4) is 0 Å². The highest BCUT2D eigenvalue weighted by Gasteiger charge is 2.04. The van der Waals surface area contributed by atoms with E-state index < -0.39 is 7.32 Å². The summed E-state index contributed by atoms with van der Waals surface area (Å²) in [6, 6.07) is 0. The molecule has 0 aliphatic heterocycles.